The van der Waals surface area contributed by atoms with E-state index in [9.17, 15) is 5.11 Å². The van der Waals surface area contributed by atoms with Gasteiger partial charge in [-0.05, 0) is 18.4 Å². The number of rotatable bonds is 2. The molecule has 0 aromatic heterocycles. The monoisotopic (exact) mass is 249 g/mol. The van der Waals surface area contributed by atoms with Crippen molar-refractivity contribution in [1.82, 2.24) is 5.32 Å². The van der Waals surface area contributed by atoms with E-state index in [1.807, 2.05) is 25.2 Å². The molecule has 1 saturated carbocycles. The second-order valence-corrected chi connectivity index (χ2v) is 5.09. The Balaban J connectivity index is 2.46. The topological polar surface area (TPSA) is 32.3 Å². The zero-order valence-corrected chi connectivity index (χ0v) is 11.0. The van der Waals surface area contributed by atoms with E-state index >= 15 is 0 Å². The number of nitrogens with one attached hydrogen (secondary N) is 1. The fraction of sp³-hybridized carbons (Fsp3) is 0.500. The number of hydrogen-bond acceptors (Lipinski definition) is 2. The first-order valence-electron chi connectivity index (χ1n) is 6.17. The molecule has 2 rings (SSSR count). The van der Waals surface area contributed by atoms with Gasteiger partial charge in [-0.1, -0.05) is 55.4 Å². The van der Waals surface area contributed by atoms with Gasteiger partial charge in [0.1, 0.15) is 0 Å². The Bertz CT molecular complexity index is 392. The molecule has 92 valence electrons. The standard InChI is InChI=1S/C14H19NOS/c1-15-13(17)14(10-6-5-9-12(14)16)11-7-3-2-4-8-11/h2-4,7-8,12,16H,5-6,9-10H2,1H3,(H,15,17). The first-order chi connectivity index (χ1) is 8.21. The molecule has 1 aromatic carbocycles. The number of aliphatic hydroxyl groups excluding tert-OH is 1. The van der Waals surface area contributed by atoms with Crippen molar-refractivity contribution in [2.45, 2.75) is 37.2 Å². The average molecular weight is 249 g/mol. The van der Waals surface area contributed by atoms with Gasteiger partial charge in [0.25, 0.3) is 0 Å². The van der Waals surface area contributed by atoms with Gasteiger partial charge in [0.15, 0.2) is 0 Å². The van der Waals surface area contributed by atoms with Crippen molar-refractivity contribution in [3.63, 3.8) is 0 Å². The maximum Gasteiger partial charge on any atom is 0.0884 e. The highest BCUT2D eigenvalue weighted by molar-refractivity contribution is 7.80. The molecule has 0 aliphatic heterocycles. The van der Waals surface area contributed by atoms with Crippen molar-refractivity contribution in [1.29, 1.82) is 0 Å². The molecule has 2 unspecified atom stereocenters. The summed E-state index contributed by atoms with van der Waals surface area (Å²) in [5.41, 5.74) is 0.746. The molecule has 2 nitrogen and oxygen atoms in total. The van der Waals surface area contributed by atoms with Crippen molar-refractivity contribution in [3.05, 3.63) is 35.9 Å². The lowest BCUT2D eigenvalue weighted by molar-refractivity contribution is 0.0778. The summed E-state index contributed by atoms with van der Waals surface area (Å²) in [4.78, 5) is 0.760. The first kappa shape index (κ1) is 12.5. The summed E-state index contributed by atoms with van der Waals surface area (Å²) in [5.74, 6) is 0. The molecule has 0 saturated heterocycles. The van der Waals surface area contributed by atoms with Gasteiger partial charge in [-0.25, -0.2) is 0 Å². The third kappa shape index (κ3) is 2.09. The number of hydrogen-bond donors (Lipinski definition) is 2. The summed E-state index contributed by atoms with van der Waals surface area (Å²) in [6.07, 6.45) is 3.59. The van der Waals surface area contributed by atoms with Crippen molar-refractivity contribution in [3.8, 4) is 0 Å². The summed E-state index contributed by atoms with van der Waals surface area (Å²) >= 11 is 5.48. The Morgan fingerprint density at radius 3 is 2.65 bits per heavy atom. The van der Waals surface area contributed by atoms with Crippen molar-refractivity contribution < 1.29 is 5.11 Å². The van der Waals surface area contributed by atoms with E-state index < -0.39 is 0 Å². The van der Waals surface area contributed by atoms with Crippen LogP contribution in [0.15, 0.2) is 30.3 Å². The SMILES string of the molecule is CNC(=S)C1(c2ccccc2)CCCCC1O. The zero-order chi connectivity index (χ0) is 12.3. The van der Waals surface area contributed by atoms with Gasteiger partial charge in [-0.15, -0.1) is 0 Å². The molecule has 3 heteroatoms. The number of thiocarbonyl (C=S) groups is 1. The third-order valence-corrected chi connectivity index (χ3v) is 4.36. The molecule has 1 fully saturated rings. The summed E-state index contributed by atoms with van der Waals surface area (Å²) < 4.78 is 0. The van der Waals surface area contributed by atoms with Crippen molar-refractivity contribution in [2.24, 2.45) is 0 Å². The van der Waals surface area contributed by atoms with Crippen LogP contribution in [0.25, 0.3) is 0 Å². The van der Waals surface area contributed by atoms with E-state index in [0.29, 0.717) is 0 Å². The fourth-order valence-electron chi connectivity index (χ4n) is 2.85. The number of likely N-dealkylation sites (N-methyl/N-ethyl adjacent to an activating group) is 1. The largest absolute Gasteiger partial charge is 0.392 e. The van der Waals surface area contributed by atoms with Crippen molar-refractivity contribution in [2.75, 3.05) is 7.05 Å². The molecule has 0 heterocycles. The van der Waals surface area contributed by atoms with Crippen LogP contribution in [0.2, 0.25) is 0 Å². The highest BCUT2D eigenvalue weighted by Gasteiger charge is 2.44. The van der Waals surface area contributed by atoms with E-state index in [1.54, 1.807) is 0 Å². The lowest BCUT2D eigenvalue weighted by atomic mass is 9.67. The minimum absolute atomic E-state index is 0.376. The van der Waals surface area contributed by atoms with Crippen LogP contribution in [-0.4, -0.2) is 23.2 Å². The Hall–Kier alpha value is -0.930. The first-order valence-corrected chi connectivity index (χ1v) is 6.58. The average Bonchev–Trinajstić information content (AvgIpc) is 2.39. The van der Waals surface area contributed by atoms with Crippen LogP contribution < -0.4 is 5.32 Å². The molecule has 0 radical (unpaired) electrons. The Kier molecular flexibility index (Phi) is 3.79. The Morgan fingerprint density at radius 1 is 1.35 bits per heavy atom. The van der Waals surface area contributed by atoms with Crippen molar-refractivity contribution >= 4 is 17.2 Å². The minimum atomic E-state index is -0.385. The van der Waals surface area contributed by atoms with Gasteiger partial charge >= 0.3 is 0 Å². The van der Waals surface area contributed by atoms with Gasteiger partial charge in [-0.2, -0.15) is 0 Å². The van der Waals surface area contributed by atoms with Crippen LogP contribution in [0.5, 0.6) is 0 Å². The van der Waals surface area contributed by atoms with Crippen LogP contribution in [0.3, 0.4) is 0 Å². The van der Waals surface area contributed by atoms with Gasteiger partial charge in [0, 0.05) is 7.05 Å². The van der Waals surface area contributed by atoms with Gasteiger partial charge in [-0.3, -0.25) is 0 Å². The minimum Gasteiger partial charge on any atom is -0.392 e. The molecule has 2 N–H and O–H groups in total. The summed E-state index contributed by atoms with van der Waals surface area (Å²) in [7, 11) is 1.84. The van der Waals surface area contributed by atoms with Crippen LogP contribution >= 0.6 is 12.2 Å². The van der Waals surface area contributed by atoms with E-state index in [0.717, 1.165) is 36.2 Å². The van der Waals surface area contributed by atoms with E-state index in [2.05, 4.69) is 17.4 Å². The van der Waals surface area contributed by atoms with E-state index in [1.165, 1.54) is 0 Å². The maximum absolute atomic E-state index is 10.4. The molecule has 0 spiro atoms. The third-order valence-electron chi connectivity index (χ3n) is 3.79. The maximum atomic E-state index is 10.4. The smallest absolute Gasteiger partial charge is 0.0884 e. The van der Waals surface area contributed by atoms with Crippen LogP contribution in [0, 0.1) is 0 Å². The van der Waals surface area contributed by atoms with Crippen LogP contribution in [0.4, 0.5) is 0 Å². The molecule has 0 bridgehead atoms. The molecule has 1 aliphatic rings. The van der Waals surface area contributed by atoms with E-state index in [-0.39, 0.29) is 11.5 Å². The second-order valence-electron chi connectivity index (χ2n) is 4.68. The summed E-state index contributed by atoms with van der Waals surface area (Å²) in [6.45, 7) is 0. The van der Waals surface area contributed by atoms with Crippen LogP contribution in [-0.2, 0) is 5.41 Å². The predicted octanol–water partition coefficient (Wildman–Crippen LogP) is 2.41. The predicted molar refractivity (Wildman–Crippen MR) is 74.3 cm³/mol. The highest BCUT2D eigenvalue weighted by atomic mass is 32.1. The lowest BCUT2D eigenvalue weighted by Crippen LogP contribution is -2.52. The second kappa shape index (κ2) is 5.15. The highest BCUT2D eigenvalue weighted by Crippen LogP contribution is 2.40. The van der Waals surface area contributed by atoms with E-state index in [4.69, 9.17) is 12.2 Å². The molecular weight excluding hydrogens is 230 g/mol. The van der Waals surface area contributed by atoms with Gasteiger partial charge in [0.05, 0.1) is 16.5 Å². The summed E-state index contributed by atoms with van der Waals surface area (Å²) in [6, 6.07) is 10.2. The van der Waals surface area contributed by atoms with Crippen LogP contribution in [0.1, 0.15) is 31.2 Å². The lowest BCUT2D eigenvalue weighted by Gasteiger charge is -2.42. The molecule has 1 aliphatic carbocycles. The zero-order valence-electron chi connectivity index (χ0n) is 10.1. The molecule has 1 aromatic rings. The number of aliphatic hydroxyl groups is 1. The van der Waals surface area contributed by atoms with Gasteiger partial charge in [0.2, 0.25) is 0 Å². The Labute approximate surface area is 108 Å². The number of benzene rings is 1. The molecule has 17 heavy (non-hydrogen) atoms. The summed E-state index contributed by atoms with van der Waals surface area (Å²) in [5, 5.41) is 13.5. The molecule has 0 amide bonds. The quantitative estimate of drug-likeness (QED) is 0.790. The molecule has 2 atom stereocenters. The Morgan fingerprint density at radius 2 is 2.06 bits per heavy atom. The van der Waals surface area contributed by atoms with Gasteiger partial charge < -0.3 is 10.4 Å². The molecular formula is C14H19NOS. The normalized spacial score (nSPS) is 28.7. The fourth-order valence-corrected chi connectivity index (χ4v) is 3.20.